The van der Waals surface area contributed by atoms with E-state index < -0.39 is 36.9 Å². The average Bonchev–Trinajstić information content (AvgIpc) is 2.99. The van der Waals surface area contributed by atoms with Crippen LogP contribution in [0.15, 0.2) is 12.2 Å². The third kappa shape index (κ3) is 25.5. The molecule has 0 spiro atoms. The molecule has 0 saturated carbocycles. The first-order chi connectivity index (χ1) is 20.5. The third-order valence-corrected chi connectivity index (χ3v) is 8.48. The van der Waals surface area contributed by atoms with Crippen LogP contribution in [0, 0.1) is 0 Å². The number of carbonyl (C=O) groups excluding carboxylic acids is 1. The Morgan fingerprint density at radius 2 is 0.976 bits per heavy atom. The monoisotopic (exact) mass is 598 g/mol. The van der Waals surface area contributed by atoms with E-state index in [1.807, 2.05) is 0 Å². The zero-order valence-corrected chi connectivity index (χ0v) is 27.8. The van der Waals surface area contributed by atoms with E-state index >= 15 is 0 Å². The Morgan fingerprint density at radius 1 is 0.571 bits per heavy atom. The highest BCUT2D eigenvalue weighted by Gasteiger charge is 2.28. The van der Waals surface area contributed by atoms with Crippen LogP contribution >= 0.6 is 0 Å². The van der Waals surface area contributed by atoms with Gasteiger partial charge >= 0.3 is 0 Å². The Morgan fingerprint density at radius 3 is 1.43 bits per heavy atom. The number of nitrogens with one attached hydrogen (secondary N) is 1. The molecule has 0 aliphatic carbocycles. The molecular weight excluding hydrogens is 526 g/mol. The number of aliphatic hydroxyl groups excluding tert-OH is 4. The molecule has 0 heterocycles. The largest absolute Gasteiger partial charge is 0.394 e. The molecule has 4 unspecified atom stereocenters. The third-order valence-electron chi connectivity index (χ3n) is 8.48. The van der Waals surface area contributed by atoms with Crippen LogP contribution in [0.3, 0.4) is 0 Å². The minimum atomic E-state index is -1.27. The number of unbranched alkanes of at least 4 members (excludes halogenated alkanes) is 21. The number of carbonyl (C=O) groups is 1. The quantitative estimate of drug-likeness (QED) is 0.0396. The minimum Gasteiger partial charge on any atom is -0.394 e. The molecule has 6 heteroatoms. The summed E-state index contributed by atoms with van der Waals surface area (Å²) < 4.78 is 0. The van der Waals surface area contributed by atoms with Gasteiger partial charge in [0.25, 0.3) is 0 Å². The highest BCUT2D eigenvalue weighted by atomic mass is 16.3. The molecule has 5 N–H and O–H groups in total. The van der Waals surface area contributed by atoms with Crippen molar-refractivity contribution in [3.63, 3.8) is 0 Å². The van der Waals surface area contributed by atoms with Crippen molar-refractivity contribution in [1.82, 2.24) is 5.32 Å². The molecule has 4 atom stereocenters. The fraction of sp³-hybridized carbons (Fsp3) is 0.917. The maximum absolute atomic E-state index is 12.4. The van der Waals surface area contributed by atoms with Gasteiger partial charge in [0.2, 0.25) is 5.91 Å². The Balaban J connectivity index is 3.86. The number of aliphatic hydroxyl groups is 4. The lowest BCUT2D eigenvalue weighted by molar-refractivity contribution is -0.132. The smallest absolute Gasteiger partial charge is 0.249 e. The Bertz CT molecular complexity index is 599. The molecule has 0 aliphatic rings. The summed E-state index contributed by atoms with van der Waals surface area (Å²) in [5.41, 5.74) is 0. The lowest BCUT2D eigenvalue weighted by Gasteiger charge is -2.27. The van der Waals surface area contributed by atoms with Crippen molar-refractivity contribution < 1.29 is 25.2 Å². The van der Waals surface area contributed by atoms with E-state index in [0.29, 0.717) is 12.8 Å². The van der Waals surface area contributed by atoms with Crippen LogP contribution in [0.1, 0.15) is 181 Å². The topological polar surface area (TPSA) is 110 Å². The predicted octanol–water partition coefficient (Wildman–Crippen LogP) is 8.28. The Kier molecular flexibility index (Phi) is 30.8. The highest BCUT2D eigenvalue weighted by molar-refractivity contribution is 5.80. The first kappa shape index (κ1) is 41.0. The fourth-order valence-corrected chi connectivity index (χ4v) is 5.52. The van der Waals surface area contributed by atoms with E-state index in [9.17, 15) is 25.2 Å². The molecule has 0 rings (SSSR count). The summed E-state index contributed by atoms with van der Waals surface area (Å²) in [5.74, 6) is -0.594. The maximum Gasteiger partial charge on any atom is 0.249 e. The van der Waals surface area contributed by atoms with Crippen molar-refractivity contribution in [2.45, 2.75) is 205 Å². The second-order valence-electron chi connectivity index (χ2n) is 12.6. The molecule has 250 valence electrons. The van der Waals surface area contributed by atoms with Gasteiger partial charge in [0, 0.05) is 0 Å². The molecule has 0 aromatic carbocycles. The van der Waals surface area contributed by atoms with E-state index in [2.05, 4.69) is 31.3 Å². The van der Waals surface area contributed by atoms with Crippen LogP contribution in [0.5, 0.6) is 0 Å². The van der Waals surface area contributed by atoms with E-state index in [4.69, 9.17) is 0 Å². The van der Waals surface area contributed by atoms with Gasteiger partial charge in [-0.25, -0.2) is 0 Å². The summed E-state index contributed by atoms with van der Waals surface area (Å²) in [6, 6.07) is -0.994. The van der Waals surface area contributed by atoms with E-state index in [-0.39, 0.29) is 0 Å². The SMILES string of the molecule is CCCCCCCCC/C=C/CCCC(O)C(O)C(CO)NC(=O)C(O)CCCCCCCCCCCCCCCC. The van der Waals surface area contributed by atoms with Crippen molar-refractivity contribution in [3.05, 3.63) is 12.2 Å². The summed E-state index contributed by atoms with van der Waals surface area (Å²) in [6.07, 6.45) is 30.9. The van der Waals surface area contributed by atoms with Gasteiger partial charge in [-0.2, -0.15) is 0 Å². The number of hydrogen-bond donors (Lipinski definition) is 5. The summed E-state index contributed by atoms with van der Waals surface area (Å²) in [5, 5.41) is 43.3. The average molecular weight is 598 g/mol. The Labute approximate surface area is 260 Å². The number of amides is 1. The second-order valence-corrected chi connectivity index (χ2v) is 12.6. The zero-order chi connectivity index (χ0) is 31.1. The maximum atomic E-state index is 12.4. The van der Waals surface area contributed by atoms with Crippen LogP contribution in [0.25, 0.3) is 0 Å². The zero-order valence-electron chi connectivity index (χ0n) is 27.8. The molecule has 0 aromatic rings. The van der Waals surface area contributed by atoms with Crippen LogP contribution < -0.4 is 5.32 Å². The van der Waals surface area contributed by atoms with Crippen molar-refractivity contribution in [2.24, 2.45) is 0 Å². The summed E-state index contributed by atoms with van der Waals surface area (Å²) in [6.45, 7) is 4.00. The molecular formula is C36H71NO5. The number of rotatable bonds is 32. The highest BCUT2D eigenvalue weighted by Crippen LogP contribution is 2.15. The van der Waals surface area contributed by atoms with Gasteiger partial charge in [-0.05, 0) is 38.5 Å². The normalized spacial score (nSPS) is 14.7. The lowest BCUT2D eigenvalue weighted by atomic mass is 10.00. The first-order valence-corrected chi connectivity index (χ1v) is 18.1. The minimum absolute atomic E-state index is 0.367. The number of hydrogen-bond acceptors (Lipinski definition) is 5. The summed E-state index contributed by atoms with van der Waals surface area (Å²) >= 11 is 0. The molecule has 0 radical (unpaired) electrons. The molecule has 0 aliphatic heterocycles. The molecule has 0 bridgehead atoms. The fourth-order valence-electron chi connectivity index (χ4n) is 5.52. The van der Waals surface area contributed by atoms with Gasteiger partial charge in [-0.3, -0.25) is 4.79 Å². The van der Waals surface area contributed by atoms with Gasteiger partial charge in [-0.15, -0.1) is 0 Å². The molecule has 0 saturated heterocycles. The van der Waals surface area contributed by atoms with Gasteiger partial charge in [0.1, 0.15) is 12.2 Å². The van der Waals surface area contributed by atoms with Gasteiger partial charge in [0.15, 0.2) is 0 Å². The standard InChI is InChI=1S/C36H71NO5/c1-3-5-7-9-11-13-15-17-18-20-22-24-26-28-30-34(40)36(42)37-32(31-38)35(41)33(39)29-27-25-23-21-19-16-14-12-10-8-6-4-2/h21,23,32-35,38-41H,3-20,22,24-31H2,1-2H3,(H,37,42)/b23-21+. The van der Waals surface area contributed by atoms with Crippen LogP contribution in [-0.2, 0) is 4.79 Å². The van der Waals surface area contributed by atoms with Crippen LogP contribution in [0.4, 0.5) is 0 Å². The van der Waals surface area contributed by atoms with Crippen molar-refractivity contribution in [1.29, 1.82) is 0 Å². The van der Waals surface area contributed by atoms with Gasteiger partial charge < -0.3 is 25.7 Å². The van der Waals surface area contributed by atoms with E-state index in [1.54, 1.807) is 0 Å². The van der Waals surface area contributed by atoms with Crippen LogP contribution in [-0.4, -0.2) is 57.3 Å². The Hall–Kier alpha value is -0.950. The van der Waals surface area contributed by atoms with Crippen molar-refractivity contribution in [2.75, 3.05) is 6.61 Å². The molecule has 1 amide bonds. The first-order valence-electron chi connectivity index (χ1n) is 18.1. The second kappa shape index (κ2) is 31.5. The van der Waals surface area contributed by atoms with Crippen molar-refractivity contribution >= 4 is 5.91 Å². The molecule has 42 heavy (non-hydrogen) atoms. The number of allylic oxidation sites excluding steroid dienone is 2. The lowest BCUT2D eigenvalue weighted by Crippen LogP contribution is -2.53. The predicted molar refractivity (Wildman–Crippen MR) is 178 cm³/mol. The molecule has 0 aromatic heterocycles. The van der Waals surface area contributed by atoms with Crippen LogP contribution in [0.2, 0.25) is 0 Å². The van der Waals surface area contributed by atoms with Gasteiger partial charge in [-0.1, -0.05) is 154 Å². The van der Waals surface area contributed by atoms with Crippen molar-refractivity contribution in [3.8, 4) is 0 Å². The summed E-state index contributed by atoms with van der Waals surface area (Å²) in [7, 11) is 0. The van der Waals surface area contributed by atoms with E-state index in [0.717, 1.165) is 38.5 Å². The van der Waals surface area contributed by atoms with E-state index in [1.165, 1.54) is 116 Å². The molecule has 6 nitrogen and oxygen atoms in total. The van der Waals surface area contributed by atoms with Gasteiger partial charge in [0.05, 0.1) is 18.8 Å². The summed E-state index contributed by atoms with van der Waals surface area (Å²) in [4.78, 5) is 12.4. The molecule has 0 fully saturated rings.